The average Bonchev–Trinajstić information content (AvgIpc) is 3.04. The third-order valence-corrected chi connectivity index (χ3v) is 3.91. The van der Waals surface area contributed by atoms with E-state index in [1.165, 1.54) is 6.08 Å². The molecule has 0 N–H and O–H groups in total. The topological polar surface area (TPSA) is 59.5 Å². The van der Waals surface area contributed by atoms with Gasteiger partial charge in [-0.2, -0.15) is 0 Å². The van der Waals surface area contributed by atoms with Gasteiger partial charge in [-0.3, -0.25) is 9.78 Å². The van der Waals surface area contributed by atoms with Gasteiger partial charge < -0.3 is 9.64 Å². The zero-order valence-corrected chi connectivity index (χ0v) is 13.4. The molecular weight excluding hydrogens is 304 g/mol. The molecule has 1 aliphatic heterocycles. The number of para-hydroxylation sites is 1. The van der Waals surface area contributed by atoms with E-state index in [0.717, 1.165) is 23.2 Å². The van der Waals surface area contributed by atoms with E-state index in [1.54, 1.807) is 42.4 Å². The Labute approximate surface area is 140 Å². The summed E-state index contributed by atoms with van der Waals surface area (Å²) in [4.78, 5) is 30.0. The lowest BCUT2D eigenvalue weighted by atomic mass is 10.2. The number of fused-ring (bicyclic) bond motifs is 1. The van der Waals surface area contributed by atoms with Crippen LogP contribution in [0.15, 0.2) is 54.9 Å². The first-order valence-electron chi connectivity index (χ1n) is 7.83. The number of carbonyl (C=O) groups is 2. The summed E-state index contributed by atoms with van der Waals surface area (Å²) in [7, 11) is 0. The van der Waals surface area contributed by atoms with Crippen LogP contribution in [-0.4, -0.2) is 29.5 Å². The quantitative estimate of drug-likeness (QED) is 0.641. The van der Waals surface area contributed by atoms with Gasteiger partial charge in [-0.1, -0.05) is 18.2 Å². The first-order valence-corrected chi connectivity index (χ1v) is 7.83. The highest BCUT2D eigenvalue weighted by atomic mass is 16.5. The molecule has 1 unspecified atom stereocenters. The molecule has 1 aliphatic rings. The fourth-order valence-corrected chi connectivity index (χ4v) is 2.69. The van der Waals surface area contributed by atoms with Crippen LogP contribution in [0.3, 0.4) is 0 Å². The summed E-state index contributed by atoms with van der Waals surface area (Å²) in [5, 5.41) is 0. The summed E-state index contributed by atoms with van der Waals surface area (Å²) in [6, 6.07) is 11.3. The van der Waals surface area contributed by atoms with Crippen molar-refractivity contribution in [1.82, 2.24) is 4.98 Å². The second-order valence-electron chi connectivity index (χ2n) is 5.56. The Morgan fingerprint density at radius 3 is 2.75 bits per heavy atom. The second-order valence-corrected chi connectivity index (χ2v) is 5.56. The van der Waals surface area contributed by atoms with Gasteiger partial charge in [0.2, 0.25) is 0 Å². The van der Waals surface area contributed by atoms with E-state index in [-0.39, 0.29) is 5.91 Å². The molecule has 2 aromatic rings. The summed E-state index contributed by atoms with van der Waals surface area (Å²) >= 11 is 0. The predicted molar refractivity (Wildman–Crippen MR) is 91.3 cm³/mol. The van der Waals surface area contributed by atoms with E-state index < -0.39 is 12.1 Å². The summed E-state index contributed by atoms with van der Waals surface area (Å²) in [5.41, 5.74) is 2.88. The summed E-state index contributed by atoms with van der Waals surface area (Å²) in [6.45, 7) is 2.22. The third-order valence-electron chi connectivity index (χ3n) is 3.91. The third kappa shape index (κ3) is 3.51. The van der Waals surface area contributed by atoms with Crippen molar-refractivity contribution in [3.05, 3.63) is 66.0 Å². The molecule has 2 heterocycles. The van der Waals surface area contributed by atoms with Crippen molar-refractivity contribution in [3.8, 4) is 0 Å². The van der Waals surface area contributed by atoms with Crippen LogP contribution in [0.4, 0.5) is 5.69 Å². The number of amides is 1. The Hall–Kier alpha value is -2.95. The first-order chi connectivity index (χ1) is 11.6. The fraction of sp³-hybridized carbons (Fsp3) is 0.211. The van der Waals surface area contributed by atoms with Gasteiger partial charge >= 0.3 is 5.97 Å². The molecule has 1 amide bonds. The Bertz CT molecular complexity index is 771. The van der Waals surface area contributed by atoms with E-state index in [2.05, 4.69) is 4.98 Å². The van der Waals surface area contributed by atoms with Crippen LogP contribution in [-0.2, 0) is 20.7 Å². The summed E-state index contributed by atoms with van der Waals surface area (Å²) < 4.78 is 5.23. The number of hydrogen-bond acceptors (Lipinski definition) is 4. The first kappa shape index (κ1) is 15.9. The number of rotatable bonds is 4. The predicted octanol–water partition coefficient (Wildman–Crippen LogP) is 2.62. The number of ether oxygens (including phenoxy) is 1. The molecule has 1 atom stereocenters. The van der Waals surface area contributed by atoms with Crippen molar-refractivity contribution < 1.29 is 14.3 Å². The van der Waals surface area contributed by atoms with Gasteiger partial charge in [-0.25, -0.2) is 4.79 Å². The van der Waals surface area contributed by atoms with Crippen molar-refractivity contribution in [2.75, 3.05) is 11.4 Å². The molecule has 0 spiro atoms. The number of hydrogen-bond donors (Lipinski definition) is 0. The maximum Gasteiger partial charge on any atom is 0.331 e. The van der Waals surface area contributed by atoms with Gasteiger partial charge in [0.05, 0.1) is 0 Å². The van der Waals surface area contributed by atoms with Crippen molar-refractivity contribution in [1.29, 1.82) is 0 Å². The van der Waals surface area contributed by atoms with Crippen LogP contribution in [0.2, 0.25) is 0 Å². The molecule has 0 fully saturated rings. The van der Waals surface area contributed by atoms with Crippen molar-refractivity contribution in [2.45, 2.75) is 19.4 Å². The van der Waals surface area contributed by atoms with E-state index in [0.29, 0.717) is 6.54 Å². The second kappa shape index (κ2) is 7.08. The normalized spacial score (nSPS) is 14.5. The Balaban J connectivity index is 1.61. The smallest absolute Gasteiger partial charge is 0.331 e. The Kier molecular flexibility index (Phi) is 4.70. The van der Waals surface area contributed by atoms with E-state index in [4.69, 9.17) is 4.74 Å². The van der Waals surface area contributed by atoms with E-state index in [1.807, 2.05) is 24.3 Å². The molecule has 24 heavy (non-hydrogen) atoms. The Morgan fingerprint density at radius 2 is 1.96 bits per heavy atom. The monoisotopic (exact) mass is 322 g/mol. The van der Waals surface area contributed by atoms with Gasteiger partial charge in [0.25, 0.3) is 5.91 Å². The number of carbonyl (C=O) groups excluding carboxylic acids is 2. The van der Waals surface area contributed by atoms with Gasteiger partial charge in [0.15, 0.2) is 6.10 Å². The maximum absolute atomic E-state index is 12.5. The molecule has 0 aliphatic carbocycles. The number of nitrogens with zero attached hydrogens (tertiary/aromatic N) is 2. The highest BCUT2D eigenvalue weighted by Gasteiger charge is 2.29. The summed E-state index contributed by atoms with van der Waals surface area (Å²) in [5.74, 6) is -0.745. The van der Waals surface area contributed by atoms with Crippen LogP contribution >= 0.6 is 0 Å². The molecule has 0 bridgehead atoms. The Morgan fingerprint density at radius 1 is 1.21 bits per heavy atom. The number of aromatic nitrogens is 1. The van der Waals surface area contributed by atoms with Crippen LogP contribution in [0.25, 0.3) is 6.08 Å². The van der Waals surface area contributed by atoms with Crippen molar-refractivity contribution >= 4 is 23.6 Å². The molecule has 1 aromatic carbocycles. The molecule has 1 aromatic heterocycles. The van der Waals surface area contributed by atoms with Gasteiger partial charge in [-0.05, 0) is 48.7 Å². The minimum atomic E-state index is -0.828. The van der Waals surface area contributed by atoms with E-state index in [9.17, 15) is 9.59 Å². The highest BCUT2D eigenvalue weighted by molar-refractivity contribution is 6.00. The number of pyridine rings is 1. The standard InChI is InChI=1S/C19H18N2O3/c1-14(24-18(22)7-6-15-8-11-20-12-9-15)19(23)21-13-10-16-4-2-3-5-17(16)21/h2-9,11-12,14H,10,13H2,1H3/b7-6+. The number of benzene rings is 1. The van der Waals surface area contributed by atoms with E-state index >= 15 is 0 Å². The van der Waals surface area contributed by atoms with Crippen molar-refractivity contribution in [2.24, 2.45) is 0 Å². The summed E-state index contributed by atoms with van der Waals surface area (Å²) in [6.07, 6.45) is 6.23. The van der Waals surface area contributed by atoms with Gasteiger partial charge in [0, 0.05) is 30.7 Å². The molecule has 3 rings (SSSR count). The largest absolute Gasteiger partial charge is 0.449 e. The molecule has 122 valence electrons. The lowest BCUT2D eigenvalue weighted by molar-refractivity contribution is -0.149. The minimum absolute atomic E-state index is 0.203. The lowest BCUT2D eigenvalue weighted by Crippen LogP contribution is -2.38. The lowest BCUT2D eigenvalue weighted by Gasteiger charge is -2.21. The zero-order chi connectivity index (χ0) is 16.9. The van der Waals surface area contributed by atoms with Crippen LogP contribution < -0.4 is 4.90 Å². The minimum Gasteiger partial charge on any atom is -0.449 e. The van der Waals surface area contributed by atoms with Gasteiger partial charge in [-0.15, -0.1) is 0 Å². The average molecular weight is 322 g/mol. The number of esters is 1. The van der Waals surface area contributed by atoms with Gasteiger partial charge in [0.1, 0.15) is 0 Å². The molecule has 0 radical (unpaired) electrons. The molecular formula is C19H18N2O3. The zero-order valence-electron chi connectivity index (χ0n) is 13.4. The van der Waals surface area contributed by atoms with Crippen LogP contribution in [0.5, 0.6) is 0 Å². The molecule has 5 nitrogen and oxygen atoms in total. The maximum atomic E-state index is 12.5. The molecule has 0 saturated carbocycles. The highest BCUT2D eigenvalue weighted by Crippen LogP contribution is 2.28. The van der Waals surface area contributed by atoms with Crippen LogP contribution in [0, 0.1) is 0 Å². The molecule has 0 saturated heterocycles. The van der Waals surface area contributed by atoms with Crippen LogP contribution in [0.1, 0.15) is 18.1 Å². The fourth-order valence-electron chi connectivity index (χ4n) is 2.69. The number of anilines is 1. The molecule has 5 heteroatoms. The van der Waals surface area contributed by atoms with Crippen molar-refractivity contribution in [3.63, 3.8) is 0 Å². The SMILES string of the molecule is CC(OC(=O)/C=C/c1ccncc1)C(=O)N1CCc2ccccc21.